The molecule has 0 unspecified atom stereocenters. The van der Waals surface area contributed by atoms with Crippen LogP contribution in [0.2, 0.25) is 5.02 Å². The van der Waals surface area contributed by atoms with Gasteiger partial charge in [0.1, 0.15) is 0 Å². The number of hydrogen-bond acceptors (Lipinski definition) is 3. The quantitative estimate of drug-likeness (QED) is 0.864. The van der Waals surface area contributed by atoms with E-state index >= 15 is 0 Å². The third-order valence-electron chi connectivity index (χ3n) is 4.87. The van der Waals surface area contributed by atoms with E-state index in [4.69, 9.17) is 11.6 Å². The molecule has 0 saturated heterocycles. The lowest BCUT2D eigenvalue weighted by Crippen LogP contribution is -2.30. The molecule has 2 aromatic rings. The van der Waals surface area contributed by atoms with Gasteiger partial charge in [0, 0.05) is 23.2 Å². The average molecular weight is 391 g/mol. The number of nitrogens with zero attached hydrogens (tertiary/aromatic N) is 1. The molecule has 5 nitrogen and oxygen atoms in total. The van der Waals surface area contributed by atoms with Gasteiger partial charge >= 0.3 is 0 Å². The molecular weight excluding hydrogens is 372 g/mol. The minimum absolute atomic E-state index is 0.150. The number of hydrogen-bond donors (Lipinski definition) is 1. The lowest BCUT2D eigenvalue weighted by atomic mass is 10.2. The predicted molar refractivity (Wildman–Crippen MR) is 102 cm³/mol. The lowest BCUT2D eigenvalue weighted by molar-refractivity contribution is -0.119. The molecule has 2 aliphatic rings. The van der Waals surface area contributed by atoms with Crippen molar-refractivity contribution in [1.82, 2.24) is 0 Å². The standard InChI is InChI=1S/C19H19ClN2O3S/c1-12-2-5-15(11-17(12)20)21-26(24,25)16-6-7-18-14(10-16)8-9-22(18)19(23)13-3-4-13/h2,5-7,10-11,13,21H,3-4,8-9H2,1H3. The molecule has 1 saturated carbocycles. The zero-order valence-electron chi connectivity index (χ0n) is 14.3. The molecule has 4 rings (SSSR count). The second kappa shape index (κ2) is 6.28. The molecule has 1 aliphatic carbocycles. The van der Waals surface area contributed by atoms with Gasteiger partial charge in [-0.2, -0.15) is 0 Å². The van der Waals surface area contributed by atoms with E-state index in [-0.39, 0.29) is 16.7 Å². The van der Waals surface area contributed by atoms with Crippen LogP contribution < -0.4 is 9.62 Å². The molecule has 0 radical (unpaired) electrons. The fraction of sp³-hybridized carbons (Fsp3) is 0.316. The first kappa shape index (κ1) is 17.4. The molecule has 1 aliphatic heterocycles. The van der Waals surface area contributed by atoms with Crippen LogP contribution in [0.1, 0.15) is 24.0 Å². The molecule has 1 N–H and O–H groups in total. The van der Waals surface area contributed by atoms with Crippen molar-refractivity contribution in [1.29, 1.82) is 0 Å². The monoisotopic (exact) mass is 390 g/mol. The summed E-state index contributed by atoms with van der Waals surface area (Å²) < 4.78 is 28.0. The number of anilines is 2. The molecule has 2 aromatic carbocycles. The maximum Gasteiger partial charge on any atom is 0.261 e. The fourth-order valence-electron chi connectivity index (χ4n) is 3.20. The maximum atomic E-state index is 12.7. The van der Waals surface area contributed by atoms with Gasteiger partial charge in [-0.15, -0.1) is 0 Å². The third kappa shape index (κ3) is 3.19. The summed E-state index contributed by atoms with van der Waals surface area (Å²) in [5.41, 5.74) is 3.03. The van der Waals surface area contributed by atoms with Crippen molar-refractivity contribution in [3.05, 3.63) is 52.5 Å². The Morgan fingerprint density at radius 3 is 2.65 bits per heavy atom. The van der Waals surface area contributed by atoms with Crippen LogP contribution in [0.25, 0.3) is 0 Å². The smallest absolute Gasteiger partial charge is 0.261 e. The number of carbonyl (C=O) groups is 1. The van der Waals surface area contributed by atoms with Crippen LogP contribution in [0.4, 0.5) is 11.4 Å². The van der Waals surface area contributed by atoms with Gasteiger partial charge in [-0.1, -0.05) is 17.7 Å². The van der Waals surface area contributed by atoms with Crippen molar-refractivity contribution in [3.63, 3.8) is 0 Å². The molecule has 1 fully saturated rings. The Morgan fingerprint density at radius 1 is 1.19 bits per heavy atom. The van der Waals surface area contributed by atoms with Crippen molar-refractivity contribution in [2.75, 3.05) is 16.2 Å². The van der Waals surface area contributed by atoms with Crippen LogP contribution in [0.5, 0.6) is 0 Å². The summed E-state index contributed by atoms with van der Waals surface area (Å²) >= 11 is 6.07. The van der Waals surface area contributed by atoms with Crippen LogP contribution in [-0.2, 0) is 21.2 Å². The number of rotatable bonds is 4. The van der Waals surface area contributed by atoms with E-state index in [1.807, 2.05) is 6.92 Å². The number of carbonyl (C=O) groups excluding carboxylic acids is 1. The highest BCUT2D eigenvalue weighted by Gasteiger charge is 2.36. The van der Waals surface area contributed by atoms with E-state index in [0.717, 1.165) is 29.7 Å². The Kier molecular flexibility index (Phi) is 4.20. The topological polar surface area (TPSA) is 66.5 Å². The van der Waals surface area contributed by atoms with Gasteiger partial charge < -0.3 is 4.90 Å². The fourth-order valence-corrected chi connectivity index (χ4v) is 4.48. The largest absolute Gasteiger partial charge is 0.312 e. The number of benzene rings is 2. The first-order chi connectivity index (χ1) is 12.3. The Hall–Kier alpha value is -2.05. The molecular formula is C19H19ClN2O3S. The molecule has 1 amide bonds. The van der Waals surface area contributed by atoms with E-state index in [0.29, 0.717) is 23.7 Å². The highest BCUT2D eigenvalue weighted by atomic mass is 35.5. The summed E-state index contributed by atoms with van der Waals surface area (Å²) in [6.07, 6.45) is 2.59. The van der Waals surface area contributed by atoms with Crippen LogP contribution in [-0.4, -0.2) is 20.9 Å². The number of aryl methyl sites for hydroxylation is 1. The average Bonchev–Trinajstić information content (AvgIpc) is 3.36. The molecule has 1 heterocycles. The van der Waals surface area contributed by atoms with Gasteiger partial charge in [0.15, 0.2) is 0 Å². The van der Waals surface area contributed by atoms with Crippen molar-refractivity contribution in [2.45, 2.75) is 31.1 Å². The molecule has 136 valence electrons. The van der Waals surface area contributed by atoms with Gasteiger partial charge in [-0.05, 0) is 67.6 Å². The number of nitrogens with one attached hydrogen (secondary N) is 1. The van der Waals surface area contributed by atoms with E-state index in [1.54, 1.807) is 41.3 Å². The van der Waals surface area contributed by atoms with Gasteiger partial charge in [-0.3, -0.25) is 9.52 Å². The molecule has 0 atom stereocenters. The van der Waals surface area contributed by atoms with Crippen LogP contribution >= 0.6 is 11.6 Å². The normalized spacial score (nSPS) is 16.5. The second-order valence-corrected chi connectivity index (χ2v) is 8.96. The number of fused-ring (bicyclic) bond motifs is 1. The van der Waals surface area contributed by atoms with Crippen molar-refractivity contribution < 1.29 is 13.2 Å². The van der Waals surface area contributed by atoms with Crippen LogP contribution in [0.3, 0.4) is 0 Å². The molecule has 0 aromatic heterocycles. The van der Waals surface area contributed by atoms with Crippen molar-refractivity contribution in [2.24, 2.45) is 5.92 Å². The molecule has 26 heavy (non-hydrogen) atoms. The Balaban J connectivity index is 1.59. The van der Waals surface area contributed by atoms with E-state index in [2.05, 4.69) is 4.72 Å². The maximum absolute atomic E-state index is 12.7. The summed E-state index contributed by atoms with van der Waals surface area (Å²) in [6.45, 7) is 2.48. The van der Waals surface area contributed by atoms with Crippen molar-refractivity contribution in [3.8, 4) is 0 Å². The highest BCUT2D eigenvalue weighted by Crippen LogP contribution is 2.37. The van der Waals surface area contributed by atoms with Gasteiger partial charge in [0.05, 0.1) is 10.6 Å². The lowest BCUT2D eigenvalue weighted by Gasteiger charge is -2.17. The summed E-state index contributed by atoms with van der Waals surface area (Å²) in [5.74, 6) is 0.309. The van der Waals surface area contributed by atoms with E-state index < -0.39 is 10.0 Å². The minimum atomic E-state index is -3.72. The zero-order valence-corrected chi connectivity index (χ0v) is 15.9. The Morgan fingerprint density at radius 2 is 1.96 bits per heavy atom. The number of amides is 1. The summed E-state index contributed by atoms with van der Waals surface area (Å²) in [5, 5.41) is 0.508. The molecule has 0 spiro atoms. The van der Waals surface area contributed by atoms with Crippen LogP contribution in [0.15, 0.2) is 41.3 Å². The van der Waals surface area contributed by atoms with Gasteiger partial charge in [-0.25, -0.2) is 8.42 Å². The highest BCUT2D eigenvalue weighted by molar-refractivity contribution is 7.92. The predicted octanol–water partition coefficient (Wildman–Crippen LogP) is 3.75. The number of halogens is 1. The third-order valence-corrected chi connectivity index (χ3v) is 6.66. The summed E-state index contributed by atoms with van der Waals surface area (Å²) in [6, 6.07) is 9.99. The second-order valence-electron chi connectivity index (χ2n) is 6.87. The van der Waals surface area contributed by atoms with E-state index in [1.165, 1.54) is 0 Å². The first-order valence-corrected chi connectivity index (χ1v) is 10.4. The SMILES string of the molecule is Cc1ccc(NS(=O)(=O)c2ccc3c(c2)CCN3C(=O)C2CC2)cc1Cl. The minimum Gasteiger partial charge on any atom is -0.312 e. The molecule has 7 heteroatoms. The Labute approximate surface area is 158 Å². The van der Waals surface area contributed by atoms with Gasteiger partial charge in [0.2, 0.25) is 5.91 Å². The summed E-state index contributed by atoms with van der Waals surface area (Å²) in [7, 11) is -3.72. The number of sulfonamides is 1. The first-order valence-electron chi connectivity index (χ1n) is 8.58. The summed E-state index contributed by atoms with van der Waals surface area (Å²) in [4.78, 5) is 14.3. The Bertz CT molecular complexity index is 1000. The molecule has 0 bridgehead atoms. The zero-order chi connectivity index (χ0) is 18.5. The van der Waals surface area contributed by atoms with Crippen LogP contribution in [0, 0.1) is 12.8 Å². The van der Waals surface area contributed by atoms with Gasteiger partial charge in [0.25, 0.3) is 10.0 Å². The van der Waals surface area contributed by atoms with E-state index in [9.17, 15) is 13.2 Å². The van der Waals surface area contributed by atoms with Crippen molar-refractivity contribution >= 4 is 38.9 Å².